The average Bonchev–Trinajstić information content (AvgIpc) is 2.69. The fourth-order valence-corrected chi connectivity index (χ4v) is 2.92. The van der Waals surface area contributed by atoms with E-state index in [0.717, 1.165) is 24.8 Å². The van der Waals surface area contributed by atoms with E-state index >= 15 is 0 Å². The van der Waals surface area contributed by atoms with Gasteiger partial charge >= 0.3 is 5.97 Å². The van der Waals surface area contributed by atoms with Crippen LogP contribution in [0.1, 0.15) is 36.0 Å². The topological polar surface area (TPSA) is 46.5 Å². The smallest absolute Gasteiger partial charge is 0.306 e. The molecule has 1 heterocycles. The third-order valence-electron chi connectivity index (χ3n) is 3.95. The first-order valence-electron chi connectivity index (χ1n) is 6.18. The minimum atomic E-state index is -0.787. The Kier molecular flexibility index (Phi) is 2.44. The molecule has 3 nitrogen and oxygen atoms in total. The molecule has 3 heteroatoms. The maximum atomic E-state index is 10.9. The zero-order valence-electron chi connectivity index (χ0n) is 9.74. The summed E-state index contributed by atoms with van der Waals surface area (Å²) in [6.45, 7) is 0.671. The van der Waals surface area contributed by atoms with Crippen LogP contribution in [0.15, 0.2) is 18.2 Å². The van der Waals surface area contributed by atoms with Crippen molar-refractivity contribution in [1.29, 1.82) is 0 Å². The molecule has 1 fully saturated rings. The number of rotatable bonds is 3. The van der Waals surface area contributed by atoms with Gasteiger partial charge in [0, 0.05) is 6.42 Å². The second-order valence-corrected chi connectivity index (χ2v) is 5.00. The van der Waals surface area contributed by atoms with E-state index in [1.165, 1.54) is 17.5 Å². The highest BCUT2D eigenvalue weighted by Gasteiger charge is 2.42. The molecule has 0 amide bonds. The average molecular weight is 232 g/mol. The van der Waals surface area contributed by atoms with Crippen molar-refractivity contribution < 1.29 is 14.6 Å². The van der Waals surface area contributed by atoms with Gasteiger partial charge in [0.05, 0.1) is 13.0 Å². The monoisotopic (exact) mass is 232 g/mol. The highest BCUT2D eigenvalue weighted by Crippen LogP contribution is 2.41. The van der Waals surface area contributed by atoms with Gasteiger partial charge in [-0.3, -0.25) is 4.79 Å². The molecule has 1 N–H and O–H groups in total. The van der Waals surface area contributed by atoms with Gasteiger partial charge in [0.15, 0.2) is 0 Å². The van der Waals surface area contributed by atoms with Gasteiger partial charge in [0.25, 0.3) is 0 Å². The largest absolute Gasteiger partial charge is 0.481 e. The highest BCUT2D eigenvalue weighted by molar-refractivity contribution is 5.69. The lowest BCUT2D eigenvalue weighted by molar-refractivity contribution is -0.176. The fourth-order valence-electron chi connectivity index (χ4n) is 2.92. The van der Waals surface area contributed by atoms with Crippen LogP contribution >= 0.6 is 0 Å². The van der Waals surface area contributed by atoms with Crippen LogP contribution in [-0.4, -0.2) is 17.7 Å². The Morgan fingerprint density at radius 3 is 2.76 bits per heavy atom. The minimum Gasteiger partial charge on any atom is -0.481 e. The summed E-state index contributed by atoms with van der Waals surface area (Å²) in [5.41, 5.74) is 3.29. The molecule has 3 rings (SSSR count). The van der Waals surface area contributed by atoms with Crippen molar-refractivity contribution in [1.82, 2.24) is 0 Å². The summed E-state index contributed by atoms with van der Waals surface area (Å²) in [5.74, 6) is -0.787. The third kappa shape index (κ3) is 1.75. The van der Waals surface area contributed by atoms with E-state index in [-0.39, 0.29) is 6.42 Å². The lowest BCUT2D eigenvalue weighted by atomic mass is 9.82. The molecule has 1 atom stereocenters. The van der Waals surface area contributed by atoms with E-state index in [1.54, 1.807) is 0 Å². The normalized spacial score (nSPS) is 26.4. The van der Waals surface area contributed by atoms with Crippen LogP contribution in [0.5, 0.6) is 0 Å². The number of carboxylic acid groups (broad SMARTS) is 1. The fraction of sp³-hybridized carbons (Fsp3) is 0.500. The molecule has 17 heavy (non-hydrogen) atoms. The molecule has 1 aliphatic heterocycles. The van der Waals surface area contributed by atoms with Crippen LogP contribution in [0.4, 0.5) is 0 Å². The van der Waals surface area contributed by atoms with E-state index in [1.807, 2.05) is 6.07 Å². The number of carbonyl (C=O) groups is 1. The number of hydrogen-bond acceptors (Lipinski definition) is 2. The molecule has 0 bridgehead atoms. The van der Waals surface area contributed by atoms with Crippen molar-refractivity contribution in [3.63, 3.8) is 0 Å². The van der Waals surface area contributed by atoms with Crippen LogP contribution in [-0.2, 0) is 28.0 Å². The van der Waals surface area contributed by atoms with Crippen molar-refractivity contribution in [3.05, 3.63) is 34.9 Å². The van der Waals surface area contributed by atoms with Gasteiger partial charge in [-0.2, -0.15) is 0 Å². The number of hydrogen-bond donors (Lipinski definition) is 1. The number of aliphatic carboxylic acids is 1. The molecule has 1 aromatic carbocycles. The molecule has 1 saturated heterocycles. The molecule has 2 aliphatic rings. The second-order valence-electron chi connectivity index (χ2n) is 5.00. The van der Waals surface area contributed by atoms with E-state index in [9.17, 15) is 4.79 Å². The van der Waals surface area contributed by atoms with Crippen molar-refractivity contribution >= 4 is 5.97 Å². The van der Waals surface area contributed by atoms with Crippen LogP contribution in [0.2, 0.25) is 0 Å². The Bertz CT molecular complexity index is 461. The first-order chi connectivity index (χ1) is 8.20. The number of aryl methyl sites for hydroxylation is 2. The first-order valence-corrected chi connectivity index (χ1v) is 6.18. The molecule has 0 saturated carbocycles. The van der Waals surface area contributed by atoms with Crippen molar-refractivity contribution in [2.75, 3.05) is 6.61 Å². The maximum Gasteiger partial charge on any atom is 0.306 e. The van der Waals surface area contributed by atoms with E-state index in [2.05, 4.69) is 12.1 Å². The Balaban J connectivity index is 1.94. The zero-order valence-corrected chi connectivity index (χ0v) is 9.74. The molecule has 1 unspecified atom stereocenters. The Labute approximate surface area is 100 Å². The van der Waals surface area contributed by atoms with Crippen LogP contribution in [0.3, 0.4) is 0 Å². The molecule has 0 radical (unpaired) electrons. The molecular formula is C14H16O3. The highest BCUT2D eigenvalue weighted by atomic mass is 16.5. The summed E-state index contributed by atoms with van der Waals surface area (Å²) < 4.78 is 5.59. The second kappa shape index (κ2) is 3.84. The van der Waals surface area contributed by atoms with E-state index in [0.29, 0.717) is 6.61 Å². The van der Waals surface area contributed by atoms with Gasteiger partial charge in [0.2, 0.25) is 0 Å². The van der Waals surface area contributed by atoms with Crippen molar-refractivity contribution in [2.45, 2.75) is 37.7 Å². The summed E-state index contributed by atoms with van der Waals surface area (Å²) in [6.07, 6.45) is 4.38. The van der Waals surface area contributed by atoms with Crippen molar-refractivity contribution in [2.24, 2.45) is 0 Å². The molecular weight excluding hydrogens is 216 g/mol. The van der Waals surface area contributed by atoms with Crippen LogP contribution in [0.25, 0.3) is 0 Å². The first kappa shape index (κ1) is 10.8. The number of fused-ring (bicyclic) bond motifs is 1. The summed E-state index contributed by atoms with van der Waals surface area (Å²) in [6, 6.07) is 6.35. The predicted octanol–water partition coefficient (Wildman–Crippen LogP) is 2.27. The van der Waals surface area contributed by atoms with Gasteiger partial charge in [-0.05, 0) is 36.0 Å². The molecule has 90 valence electrons. The third-order valence-corrected chi connectivity index (χ3v) is 3.95. The van der Waals surface area contributed by atoms with Gasteiger partial charge < -0.3 is 9.84 Å². The summed E-state index contributed by atoms with van der Waals surface area (Å²) in [5, 5.41) is 8.99. The molecule has 0 spiro atoms. The van der Waals surface area contributed by atoms with Gasteiger partial charge in [0.1, 0.15) is 5.60 Å². The van der Waals surface area contributed by atoms with E-state index < -0.39 is 11.6 Å². The predicted molar refractivity (Wildman–Crippen MR) is 63.0 cm³/mol. The van der Waals surface area contributed by atoms with Crippen LogP contribution in [0, 0.1) is 0 Å². The lowest BCUT2D eigenvalue weighted by Crippen LogP contribution is -2.42. The number of benzene rings is 1. The molecule has 1 aliphatic carbocycles. The number of carboxylic acids is 1. The molecule has 0 aromatic heterocycles. The Hall–Kier alpha value is -1.35. The van der Waals surface area contributed by atoms with Gasteiger partial charge in [-0.1, -0.05) is 18.2 Å². The van der Waals surface area contributed by atoms with Crippen molar-refractivity contribution in [3.8, 4) is 0 Å². The van der Waals surface area contributed by atoms with E-state index in [4.69, 9.17) is 9.84 Å². The van der Waals surface area contributed by atoms with Gasteiger partial charge in [-0.25, -0.2) is 0 Å². The summed E-state index contributed by atoms with van der Waals surface area (Å²) >= 11 is 0. The SMILES string of the molecule is O=C(O)CC1(c2ccc3c(c2)CCC3)CCO1. The Morgan fingerprint density at radius 2 is 2.12 bits per heavy atom. The maximum absolute atomic E-state index is 10.9. The molecule has 1 aromatic rings. The zero-order chi connectivity index (χ0) is 11.9. The Morgan fingerprint density at radius 1 is 1.35 bits per heavy atom. The lowest BCUT2D eigenvalue weighted by Gasteiger charge is -2.41. The summed E-state index contributed by atoms with van der Waals surface area (Å²) in [7, 11) is 0. The van der Waals surface area contributed by atoms with Gasteiger partial charge in [-0.15, -0.1) is 0 Å². The quantitative estimate of drug-likeness (QED) is 0.869. The van der Waals surface area contributed by atoms with Crippen LogP contribution < -0.4 is 0 Å². The standard InChI is InChI=1S/C14H16O3/c15-13(16)9-14(6-7-17-14)12-5-4-10-2-1-3-11(10)8-12/h4-5,8H,1-3,6-7,9H2,(H,15,16). The summed E-state index contributed by atoms with van der Waals surface area (Å²) in [4.78, 5) is 10.9. The number of ether oxygens (including phenoxy) is 1. The minimum absolute atomic E-state index is 0.0752.